The Morgan fingerprint density at radius 3 is 2.53 bits per heavy atom. The Balaban J connectivity index is 1.57. The minimum Gasteiger partial charge on any atom is -0.496 e. The molecule has 182 valence electrons. The zero-order chi connectivity index (χ0) is 24.7. The summed E-state index contributed by atoms with van der Waals surface area (Å²) in [5, 5.41) is 2.72. The number of hydrogen-bond donors (Lipinski definition) is 1. The van der Waals surface area contributed by atoms with E-state index >= 15 is 0 Å². The van der Waals surface area contributed by atoms with Gasteiger partial charge in [-0.25, -0.2) is 18.7 Å². The van der Waals surface area contributed by atoms with Crippen molar-refractivity contribution in [3.05, 3.63) is 52.5 Å². The summed E-state index contributed by atoms with van der Waals surface area (Å²) in [5.41, 5.74) is 0.422. The lowest BCUT2D eigenvalue weighted by atomic mass is 10.0. The summed E-state index contributed by atoms with van der Waals surface area (Å²) >= 11 is 0. The normalized spacial score (nSPS) is 17.3. The lowest BCUT2D eigenvalue weighted by Crippen LogP contribution is -2.42. The van der Waals surface area contributed by atoms with Crippen molar-refractivity contribution in [2.75, 3.05) is 32.6 Å². The van der Waals surface area contributed by atoms with Crippen LogP contribution in [0.3, 0.4) is 0 Å². The molecule has 0 radical (unpaired) electrons. The van der Waals surface area contributed by atoms with Crippen LogP contribution in [-0.2, 0) is 12.8 Å². The van der Waals surface area contributed by atoms with E-state index in [2.05, 4.69) is 15.3 Å². The van der Waals surface area contributed by atoms with Gasteiger partial charge in [-0.05, 0) is 12.1 Å². The van der Waals surface area contributed by atoms with Crippen LogP contribution >= 0.6 is 0 Å². The molecule has 1 N–H and O–H groups in total. The Hall–Kier alpha value is -3.24. The van der Waals surface area contributed by atoms with E-state index in [0.29, 0.717) is 22.7 Å². The molecule has 1 amide bonds. The molecule has 1 fully saturated rings. The third-order valence-corrected chi connectivity index (χ3v) is 6.01. The van der Waals surface area contributed by atoms with E-state index in [0.717, 1.165) is 6.08 Å². The highest BCUT2D eigenvalue weighted by Gasteiger charge is 2.40. The number of halogens is 5. The van der Waals surface area contributed by atoms with Crippen molar-refractivity contribution in [1.82, 2.24) is 14.9 Å². The molecule has 1 aromatic heterocycles. The number of methoxy groups -OCH3 is 1. The number of nitrogens with zero attached hydrogens (tertiary/aromatic N) is 3. The van der Waals surface area contributed by atoms with Gasteiger partial charge in [-0.1, -0.05) is 12.1 Å². The van der Waals surface area contributed by atoms with Crippen molar-refractivity contribution in [2.24, 2.45) is 0 Å². The second kappa shape index (κ2) is 8.84. The third-order valence-electron chi connectivity index (χ3n) is 6.01. The number of anilines is 1. The van der Waals surface area contributed by atoms with Gasteiger partial charge in [0.2, 0.25) is 0 Å². The average molecular weight is 482 g/mol. The van der Waals surface area contributed by atoms with Gasteiger partial charge in [-0.15, -0.1) is 0 Å². The standard InChI is InChI=1S/C23H23F5N4O2/c1-29-20-19-15(23(26,27)28)5-6-16(19)30-18(31-20)12-13-3-4-14(11-17(13)34-2)21(33)32-9-7-22(24,25)8-10-32/h3-5,11H,6-10,12H2,1-2H3,(H,29,30,31). The summed E-state index contributed by atoms with van der Waals surface area (Å²) in [6, 6.07) is 4.75. The second-order valence-electron chi connectivity index (χ2n) is 8.23. The number of hydrogen-bond acceptors (Lipinski definition) is 5. The van der Waals surface area contributed by atoms with Crippen LogP contribution in [0.1, 0.15) is 45.8 Å². The van der Waals surface area contributed by atoms with E-state index in [-0.39, 0.29) is 61.8 Å². The number of aromatic nitrogens is 2. The van der Waals surface area contributed by atoms with Crippen LogP contribution < -0.4 is 10.1 Å². The molecule has 0 unspecified atom stereocenters. The molecule has 0 spiro atoms. The van der Waals surface area contributed by atoms with Crippen LogP contribution in [0.4, 0.5) is 27.8 Å². The number of piperidine rings is 1. The molecule has 34 heavy (non-hydrogen) atoms. The zero-order valence-electron chi connectivity index (χ0n) is 18.6. The largest absolute Gasteiger partial charge is 0.496 e. The average Bonchev–Trinajstić information content (AvgIpc) is 3.23. The molecule has 1 aromatic carbocycles. The van der Waals surface area contributed by atoms with E-state index in [1.165, 1.54) is 25.1 Å². The molecule has 0 bridgehead atoms. The lowest BCUT2D eigenvalue weighted by Gasteiger charge is -2.31. The number of rotatable bonds is 5. The van der Waals surface area contributed by atoms with Crippen molar-refractivity contribution < 1.29 is 31.5 Å². The number of likely N-dealkylation sites (tertiary alicyclic amines) is 1. The Morgan fingerprint density at radius 1 is 1.21 bits per heavy atom. The molecule has 1 aliphatic carbocycles. The molecule has 0 saturated carbocycles. The number of allylic oxidation sites excluding steroid dienone is 2. The Morgan fingerprint density at radius 2 is 1.91 bits per heavy atom. The molecule has 6 nitrogen and oxygen atoms in total. The maximum atomic E-state index is 13.4. The van der Waals surface area contributed by atoms with Crippen LogP contribution in [0.2, 0.25) is 0 Å². The van der Waals surface area contributed by atoms with E-state index in [1.54, 1.807) is 12.1 Å². The van der Waals surface area contributed by atoms with Crippen LogP contribution in [0.5, 0.6) is 5.75 Å². The predicted molar refractivity (Wildman–Crippen MR) is 115 cm³/mol. The van der Waals surface area contributed by atoms with Gasteiger partial charge >= 0.3 is 6.18 Å². The summed E-state index contributed by atoms with van der Waals surface area (Å²) in [4.78, 5) is 22.8. The fourth-order valence-electron chi connectivity index (χ4n) is 4.22. The monoisotopic (exact) mass is 482 g/mol. The summed E-state index contributed by atoms with van der Waals surface area (Å²) in [6.45, 7) is -0.0563. The minimum atomic E-state index is -4.50. The van der Waals surface area contributed by atoms with Crippen LogP contribution in [0.25, 0.3) is 5.57 Å². The fourth-order valence-corrected chi connectivity index (χ4v) is 4.22. The summed E-state index contributed by atoms with van der Waals surface area (Å²) < 4.78 is 72.3. The van der Waals surface area contributed by atoms with Gasteiger partial charge < -0.3 is 15.0 Å². The molecule has 0 atom stereocenters. The lowest BCUT2D eigenvalue weighted by molar-refractivity contribution is -0.0688. The van der Waals surface area contributed by atoms with Gasteiger partial charge in [-0.2, -0.15) is 13.2 Å². The number of ether oxygens (including phenoxy) is 1. The maximum absolute atomic E-state index is 13.4. The topological polar surface area (TPSA) is 67.4 Å². The predicted octanol–water partition coefficient (Wildman–Crippen LogP) is 4.49. The minimum absolute atomic E-state index is 0.0282. The number of fused-ring (bicyclic) bond motifs is 1. The van der Waals surface area contributed by atoms with Gasteiger partial charge in [-0.3, -0.25) is 4.79 Å². The van der Waals surface area contributed by atoms with E-state index in [4.69, 9.17) is 4.74 Å². The van der Waals surface area contributed by atoms with Gasteiger partial charge in [0, 0.05) is 56.9 Å². The highest BCUT2D eigenvalue weighted by molar-refractivity contribution is 5.95. The van der Waals surface area contributed by atoms with Gasteiger partial charge in [0.15, 0.2) is 0 Å². The first-order valence-corrected chi connectivity index (χ1v) is 10.7. The van der Waals surface area contributed by atoms with Crippen molar-refractivity contribution in [2.45, 2.75) is 37.8 Å². The fraction of sp³-hybridized carbons (Fsp3) is 0.435. The molecule has 2 aromatic rings. The highest BCUT2D eigenvalue weighted by Crippen LogP contribution is 2.42. The zero-order valence-corrected chi connectivity index (χ0v) is 18.6. The van der Waals surface area contributed by atoms with Crippen molar-refractivity contribution in [3.63, 3.8) is 0 Å². The third kappa shape index (κ3) is 4.69. The first-order valence-electron chi connectivity index (χ1n) is 10.7. The molecular formula is C23H23F5N4O2. The second-order valence-corrected chi connectivity index (χ2v) is 8.23. The number of carbonyl (C=O) groups excluding carboxylic acids is 1. The number of alkyl halides is 5. The number of carbonyl (C=O) groups is 1. The number of benzene rings is 1. The Kier molecular flexibility index (Phi) is 6.22. The molecule has 1 aliphatic heterocycles. The smallest absolute Gasteiger partial charge is 0.416 e. The summed E-state index contributed by atoms with van der Waals surface area (Å²) in [6.07, 6.45) is -3.94. The first-order chi connectivity index (χ1) is 16.0. The van der Waals surface area contributed by atoms with Crippen molar-refractivity contribution >= 4 is 17.3 Å². The highest BCUT2D eigenvalue weighted by atomic mass is 19.4. The maximum Gasteiger partial charge on any atom is 0.416 e. The SMILES string of the molecule is CNc1nc(Cc2ccc(C(=O)N3CCC(F)(F)CC3)cc2OC)nc2c1C(C(F)(F)F)=CC2. The summed E-state index contributed by atoms with van der Waals surface area (Å²) in [5.74, 6) is -2.35. The van der Waals surface area contributed by atoms with Gasteiger partial charge in [0.05, 0.1) is 23.9 Å². The van der Waals surface area contributed by atoms with Crippen LogP contribution in [0.15, 0.2) is 24.3 Å². The van der Waals surface area contributed by atoms with Crippen molar-refractivity contribution in [1.29, 1.82) is 0 Å². The molecule has 2 aliphatic rings. The Bertz CT molecular complexity index is 1140. The van der Waals surface area contributed by atoms with Crippen LogP contribution in [-0.4, -0.2) is 60.1 Å². The van der Waals surface area contributed by atoms with Crippen LogP contribution in [0, 0.1) is 0 Å². The van der Waals surface area contributed by atoms with Gasteiger partial charge in [0.25, 0.3) is 11.8 Å². The molecular weight excluding hydrogens is 459 g/mol. The number of nitrogens with one attached hydrogen (secondary N) is 1. The number of amides is 1. The summed E-state index contributed by atoms with van der Waals surface area (Å²) in [7, 11) is 2.92. The van der Waals surface area contributed by atoms with E-state index in [1.807, 2.05) is 0 Å². The molecule has 11 heteroatoms. The van der Waals surface area contributed by atoms with Gasteiger partial charge in [0.1, 0.15) is 17.4 Å². The molecule has 2 heterocycles. The molecule has 4 rings (SSSR count). The first kappa shape index (κ1) is 23.9. The molecule has 1 saturated heterocycles. The van der Waals surface area contributed by atoms with Crippen molar-refractivity contribution in [3.8, 4) is 5.75 Å². The Labute approximate surface area is 192 Å². The van der Waals surface area contributed by atoms with E-state index < -0.39 is 17.7 Å². The quantitative estimate of drug-likeness (QED) is 0.637. The van der Waals surface area contributed by atoms with E-state index in [9.17, 15) is 26.7 Å².